The van der Waals surface area contributed by atoms with Gasteiger partial charge in [0.15, 0.2) is 11.6 Å². The Bertz CT molecular complexity index is 526. The number of carbonyl (C=O) groups excluding carboxylic acids is 1. The number of nitrogens with zero attached hydrogens (tertiary/aromatic N) is 1. The van der Waals surface area contributed by atoms with Crippen LogP contribution in [-0.2, 0) is 6.54 Å². The van der Waals surface area contributed by atoms with E-state index in [0.29, 0.717) is 5.69 Å². The lowest BCUT2D eigenvalue weighted by Crippen LogP contribution is -2.24. The maximum atomic E-state index is 13.3. The molecule has 0 spiro atoms. The smallest absolute Gasteiger partial charge is 0.254 e. The van der Waals surface area contributed by atoms with E-state index in [1.165, 1.54) is 18.3 Å². The highest BCUT2D eigenvalue weighted by atomic mass is 19.2. The fourth-order valence-corrected chi connectivity index (χ4v) is 1.33. The molecule has 0 saturated carbocycles. The molecule has 0 unspecified atom stereocenters. The Morgan fingerprint density at radius 3 is 2.88 bits per heavy atom. The Kier molecular flexibility index (Phi) is 3.13. The minimum absolute atomic E-state index is 0.175. The molecule has 0 aliphatic carbocycles. The van der Waals surface area contributed by atoms with Crippen molar-refractivity contribution >= 4 is 5.91 Å². The topological polar surface area (TPSA) is 57.8 Å². The predicted octanol–water partition coefficient (Wildman–Crippen LogP) is 1.62. The zero-order valence-corrected chi connectivity index (χ0v) is 8.71. The summed E-state index contributed by atoms with van der Waals surface area (Å²) in [7, 11) is 0. The van der Waals surface area contributed by atoms with Crippen LogP contribution in [-0.4, -0.2) is 16.1 Å². The van der Waals surface area contributed by atoms with Crippen molar-refractivity contribution < 1.29 is 13.6 Å². The summed E-state index contributed by atoms with van der Waals surface area (Å²) in [5.41, 5.74) is 0.361. The molecule has 17 heavy (non-hydrogen) atoms. The van der Waals surface area contributed by atoms with E-state index in [1.54, 1.807) is 6.07 Å². The van der Waals surface area contributed by atoms with Crippen molar-refractivity contribution in [3.8, 4) is 0 Å². The molecule has 0 aliphatic rings. The van der Waals surface area contributed by atoms with E-state index in [9.17, 15) is 13.6 Å². The van der Waals surface area contributed by atoms with E-state index in [4.69, 9.17) is 0 Å². The summed E-state index contributed by atoms with van der Waals surface area (Å²) in [5, 5.41) is 8.78. The minimum atomic E-state index is -1.14. The van der Waals surface area contributed by atoms with Gasteiger partial charge in [0.1, 0.15) is 0 Å². The first-order chi connectivity index (χ1) is 8.18. The van der Waals surface area contributed by atoms with Gasteiger partial charge >= 0.3 is 0 Å². The van der Waals surface area contributed by atoms with Gasteiger partial charge in [0.2, 0.25) is 0 Å². The SMILES string of the molecule is O=C(NCc1ccn[nH]1)c1cccc(F)c1F. The second-order valence-corrected chi connectivity index (χ2v) is 3.37. The first kappa shape index (κ1) is 11.3. The number of nitrogens with one attached hydrogen (secondary N) is 2. The number of aromatic nitrogens is 2. The molecule has 0 fully saturated rings. The molecule has 0 aliphatic heterocycles. The highest BCUT2D eigenvalue weighted by Gasteiger charge is 2.14. The van der Waals surface area contributed by atoms with Crippen LogP contribution in [0, 0.1) is 11.6 Å². The number of benzene rings is 1. The lowest BCUT2D eigenvalue weighted by Gasteiger charge is -2.04. The number of halogens is 2. The summed E-state index contributed by atoms with van der Waals surface area (Å²) >= 11 is 0. The van der Waals surface area contributed by atoms with Gasteiger partial charge in [-0.15, -0.1) is 0 Å². The molecule has 1 amide bonds. The van der Waals surface area contributed by atoms with Gasteiger partial charge in [-0.1, -0.05) is 6.07 Å². The molecule has 6 heteroatoms. The lowest BCUT2D eigenvalue weighted by molar-refractivity contribution is 0.0945. The van der Waals surface area contributed by atoms with Crippen molar-refractivity contribution in [3.63, 3.8) is 0 Å². The summed E-state index contributed by atoms with van der Waals surface area (Å²) in [6.07, 6.45) is 1.53. The van der Waals surface area contributed by atoms with Crippen LogP contribution in [0.4, 0.5) is 8.78 Å². The van der Waals surface area contributed by atoms with Crippen molar-refractivity contribution in [1.29, 1.82) is 0 Å². The Balaban J connectivity index is 2.07. The summed E-state index contributed by atoms with van der Waals surface area (Å²) in [6, 6.07) is 5.13. The Morgan fingerprint density at radius 1 is 1.35 bits per heavy atom. The maximum absolute atomic E-state index is 13.3. The average Bonchev–Trinajstić information content (AvgIpc) is 2.82. The zero-order chi connectivity index (χ0) is 12.3. The Hall–Kier alpha value is -2.24. The number of hydrogen-bond donors (Lipinski definition) is 2. The van der Waals surface area contributed by atoms with Gasteiger partial charge in [-0.2, -0.15) is 5.10 Å². The molecule has 4 nitrogen and oxygen atoms in total. The van der Waals surface area contributed by atoms with Gasteiger partial charge in [-0.3, -0.25) is 9.89 Å². The van der Waals surface area contributed by atoms with Crippen LogP contribution in [0.3, 0.4) is 0 Å². The quantitative estimate of drug-likeness (QED) is 0.852. The van der Waals surface area contributed by atoms with Crippen molar-refractivity contribution in [3.05, 3.63) is 53.4 Å². The van der Waals surface area contributed by atoms with E-state index in [-0.39, 0.29) is 12.1 Å². The number of carbonyl (C=O) groups is 1. The fourth-order valence-electron chi connectivity index (χ4n) is 1.33. The number of rotatable bonds is 3. The highest BCUT2D eigenvalue weighted by molar-refractivity contribution is 5.94. The molecule has 2 rings (SSSR count). The first-order valence-electron chi connectivity index (χ1n) is 4.89. The first-order valence-corrected chi connectivity index (χ1v) is 4.89. The second kappa shape index (κ2) is 4.73. The van der Waals surface area contributed by atoms with E-state index in [2.05, 4.69) is 15.5 Å². The van der Waals surface area contributed by atoms with Crippen molar-refractivity contribution in [1.82, 2.24) is 15.5 Å². The van der Waals surface area contributed by atoms with Crippen LogP contribution in [0.2, 0.25) is 0 Å². The molecule has 2 N–H and O–H groups in total. The number of amides is 1. The number of hydrogen-bond acceptors (Lipinski definition) is 2. The monoisotopic (exact) mass is 237 g/mol. The molecule has 0 bridgehead atoms. The second-order valence-electron chi connectivity index (χ2n) is 3.37. The van der Waals surface area contributed by atoms with Gasteiger partial charge in [0, 0.05) is 6.20 Å². The summed E-state index contributed by atoms with van der Waals surface area (Å²) in [6.45, 7) is 0.175. The van der Waals surface area contributed by atoms with E-state index in [0.717, 1.165) is 6.07 Å². The third-order valence-electron chi connectivity index (χ3n) is 2.19. The van der Waals surface area contributed by atoms with Gasteiger partial charge < -0.3 is 5.32 Å². The lowest BCUT2D eigenvalue weighted by atomic mass is 10.2. The van der Waals surface area contributed by atoms with Gasteiger partial charge in [-0.05, 0) is 18.2 Å². The summed E-state index contributed by atoms with van der Waals surface area (Å²) < 4.78 is 26.1. The Morgan fingerprint density at radius 2 is 2.18 bits per heavy atom. The highest BCUT2D eigenvalue weighted by Crippen LogP contribution is 2.11. The summed E-state index contributed by atoms with van der Waals surface area (Å²) in [4.78, 5) is 11.6. The third kappa shape index (κ3) is 2.47. The largest absolute Gasteiger partial charge is 0.346 e. The molecule has 1 heterocycles. The molecule has 0 saturated heterocycles. The number of H-pyrrole nitrogens is 1. The van der Waals surface area contributed by atoms with E-state index >= 15 is 0 Å². The average molecular weight is 237 g/mol. The van der Waals surface area contributed by atoms with E-state index < -0.39 is 17.5 Å². The fraction of sp³-hybridized carbons (Fsp3) is 0.0909. The Labute approximate surface area is 95.7 Å². The van der Waals surface area contributed by atoms with Gasteiger partial charge in [-0.25, -0.2) is 8.78 Å². The molecular formula is C11H9F2N3O. The normalized spacial score (nSPS) is 10.2. The standard InChI is InChI=1S/C11H9F2N3O/c12-9-3-1-2-8(10(9)13)11(17)14-6-7-4-5-15-16-7/h1-5H,6H2,(H,14,17)(H,15,16). The molecule has 1 aromatic carbocycles. The van der Waals surface area contributed by atoms with Gasteiger partial charge in [0.05, 0.1) is 17.8 Å². The van der Waals surface area contributed by atoms with Gasteiger partial charge in [0.25, 0.3) is 5.91 Å². The predicted molar refractivity (Wildman–Crippen MR) is 56.1 cm³/mol. The maximum Gasteiger partial charge on any atom is 0.254 e. The molecule has 1 aromatic heterocycles. The van der Waals surface area contributed by atoms with Crippen molar-refractivity contribution in [2.75, 3.05) is 0 Å². The van der Waals surface area contributed by atoms with Crippen LogP contribution in [0.5, 0.6) is 0 Å². The molecule has 2 aromatic rings. The number of aromatic amines is 1. The van der Waals surface area contributed by atoms with E-state index in [1.807, 2.05) is 0 Å². The molecule has 88 valence electrons. The van der Waals surface area contributed by atoms with Crippen LogP contribution < -0.4 is 5.32 Å². The summed E-state index contributed by atoms with van der Waals surface area (Å²) in [5.74, 6) is -2.86. The molecule has 0 radical (unpaired) electrons. The minimum Gasteiger partial charge on any atom is -0.346 e. The van der Waals surface area contributed by atoms with Crippen LogP contribution in [0.1, 0.15) is 16.1 Å². The van der Waals surface area contributed by atoms with Crippen LogP contribution in [0.25, 0.3) is 0 Å². The third-order valence-corrected chi connectivity index (χ3v) is 2.19. The van der Waals surface area contributed by atoms with Crippen LogP contribution >= 0.6 is 0 Å². The van der Waals surface area contributed by atoms with Crippen LogP contribution in [0.15, 0.2) is 30.5 Å². The molecular weight excluding hydrogens is 228 g/mol. The molecule has 0 atom stereocenters. The zero-order valence-electron chi connectivity index (χ0n) is 8.71. The van der Waals surface area contributed by atoms with Crippen molar-refractivity contribution in [2.45, 2.75) is 6.54 Å². The van der Waals surface area contributed by atoms with Crippen molar-refractivity contribution in [2.24, 2.45) is 0 Å².